The molecule has 0 saturated heterocycles. The Bertz CT molecular complexity index is 568. The Morgan fingerprint density at radius 3 is 2.60 bits per heavy atom. The van der Waals surface area contributed by atoms with Crippen molar-refractivity contribution in [3.8, 4) is 0 Å². The first-order valence-electron chi connectivity index (χ1n) is 7.68. The number of rotatable bonds is 5. The lowest BCUT2D eigenvalue weighted by Gasteiger charge is -2.30. The van der Waals surface area contributed by atoms with Gasteiger partial charge in [0.15, 0.2) is 0 Å². The number of hydrogen-bond donors (Lipinski definition) is 1. The second-order valence-corrected chi connectivity index (χ2v) is 5.70. The second-order valence-electron chi connectivity index (χ2n) is 5.70. The van der Waals surface area contributed by atoms with Gasteiger partial charge in [-0.1, -0.05) is 37.6 Å². The maximum atomic E-state index is 5.88. The lowest BCUT2D eigenvalue weighted by Crippen LogP contribution is -2.24. The molecule has 1 aliphatic carbocycles. The third-order valence-electron chi connectivity index (χ3n) is 4.31. The second kappa shape index (κ2) is 5.84. The minimum Gasteiger partial charge on any atom is -0.464 e. The fraction of sp³-hybridized carbons (Fsp3) is 0.444. The molecule has 2 aromatic rings. The first kappa shape index (κ1) is 13.4. The quantitative estimate of drug-likeness (QED) is 0.861. The fourth-order valence-corrected chi connectivity index (χ4v) is 3.04. The highest BCUT2D eigenvalue weighted by Crippen LogP contribution is 2.40. The van der Waals surface area contributed by atoms with E-state index in [-0.39, 0.29) is 6.04 Å². The number of nitrogens with one attached hydrogen (secondary N) is 1. The van der Waals surface area contributed by atoms with Gasteiger partial charge in [0.2, 0.25) is 0 Å². The van der Waals surface area contributed by atoms with Gasteiger partial charge in [0.25, 0.3) is 0 Å². The van der Waals surface area contributed by atoms with E-state index in [9.17, 15) is 0 Å². The first-order chi connectivity index (χ1) is 9.79. The summed E-state index contributed by atoms with van der Waals surface area (Å²) in [5, 5.41) is 3.58. The van der Waals surface area contributed by atoms with Gasteiger partial charge < -0.3 is 9.73 Å². The van der Waals surface area contributed by atoms with Gasteiger partial charge in [-0.3, -0.25) is 0 Å². The van der Waals surface area contributed by atoms with Gasteiger partial charge in [-0.25, -0.2) is 0 Å². The predicted octanol–water partition coefficient (Wildman–Crippen LogP) is 4.55. The van der Waals surface area contributed by atoms with Crippen LogP contribution in [0.4, 0.5) is 0 Å². The van der Waals surface area contributed by atoms with Crippen molar-refractivity contribution in [2.75, 3.05) is 6.54 Å². The summed E-state index contributed by atoms with van der Waals surface area (Å²) in [5.41, 5.74) is 2.88. The highest BCUT2D eigenvalue weighted by molar-refractivity contribution is 5.38. The molecule has 1 heterocycles. The van der Waals surface area contributed by atoms with Crippen molar-refractivity contribution in [3.05, 3.63) is 59.0 Å². The van der Waals surface area contributed by atoms with Gasteiger partial charge in [0.05, 0.1) is 6.04 Å². The summed E-state index contributed by atoms with van der Waals surface area (Å²) < 4.78 is 5.88. The molecule has 0 amide bonds. The van der Waals surface area contributed by atoms with Crippen LogP contribution in [0.2, 0.25) is 0 Å². The average molecular weight is 269 g/mol. The lowest BCUT2D eigenvalue weighted by molar-refractivity contribution is 0.403. The molecule has 106 valence electrons. The van der Waals surface area contributed by atoms with E-state index in [1.807, 2.05) is 13.0 Å². The zero-order valence-corrected chi connectivity index (χ0v) is 12.4. The van der Waals surface area contributed by atoms with Crippen LogP contribution in [0.5, 0.6) is 0 Å². The summed E-state index contributed by atoms with van der Waals surface area (Å²) in [6, 6.07) is 13.2. The monoisotopic (exact) mass is 269 g/mol. The molecule has 1 aromatic carbocycles. The highest BCUT2D eigenvalue weighted by atomic mass is 16.3. The van der Waals surface area contributed by atoms with Crippen LogP contribution in [0.3, 0.4) is 0 Å². The SMILES string of the molecule is CCNC(c1ccc(C)o1)c1ccccc1C1CCC1. The van der Waals surface area contributed by atoms with Crippen molar-refractivity contribution in [2.24, 2.45) is 0 Å². The Morgan fingerprint density at radius 1 is 1.20 bits per heavy atom. The zero-order valence-electron chi connectivity index (χ0n) is 12.4. The molecule has 0 aliphatic heterocycles. The third kappa shape index (κ3) is 2.53. The molecule has 1 aliphatic rings. The summed E-state index contributed by atoms with van der Waals surface area (Å²) in [6.45, 7) is 5.09. The largest absolute Gasteiger partial charge is 0.464 e. The standard InChI is InChI=1S/C18H23NO/c1-3-19-18(17-12-11-13(2)20-17)16-10-5-4-9-15(16)14-7-6-8-14/h4-5,9-12,14,18-19H,3,6-8H2,1-2H3. The Balaban J connectivity index is 1.98. The van der Waals surface area contributed by atoms with Crippen molar-refractivity contribution >= 4 is 0 Å². The lowest BCUT2D eigenvalue weighted by atomic mass is 9.77. The van der Waals surface area contributed by atoms with Crippen LogP contribution in [-0.4, -0.2) is 6.54 Å². The zero-order chi connectivity index (χ0) is 13.9. The van der Waals surface area contributed by atoms with Crippen LogP contribution in [0.25, 0.3) is 0 Å². The molecule has 1 N–H and O–H groups in total. The summed E-state index contributed by atoms with van der Waals surface area (Å²) in [7, 11) is 0. The Hall–Kier alpha value is -1.54. The highest BCUT2D eigenvalue weighted by Gasteiger charge is 2.26. The minimum absolute atomic E-state index is 0.172. The number of benzene rings is 1. The molecule has 1 aromatic heterocycles. The van der Waals surface area contributed by atoms with Crippen molar-refractivity contribution in [1.29, 1.82) is 0 Å². The molecule has 2 nitrogen and oxygen atoms in total. The fourth-order valence-electron chi connectivity index (χ4n) is 3.04. The van der Waals surface area contributed by atoms with Gasteiger partial charge in [-0.05, 0) is 55.5 Å². The van der Waals surface area contributed by atoms with Crippen LogP contribution in [0, 0.1) is 6.92 Å². The number of hydrogen-bond acceptors (Lipinski definition) is 2. The van der Waals surface area contributed by atoms with Crippen LogP contribution in [0.1, 0.15) is 60.8 Å². The number of furan rings is 1. The maximum Gasteiger partial charge on any atom is 0.125 e. The molecular formula is C18H23NO. The minimum atomic E-state index is 0.172. The van der Waals surface area contributed by atoms with E-state index in [0.29, 0.717) is 0 Å². The van der Waals surface area contributed by atoms with Crippen molar-refractivity contribution in [1.82, 2.24) is 5.32 Å². The van der Waals surface area contributed by atoms with Crippen LogP contribution < -0.4 is 5.32 Å². The van der Waals surface area contributed by atoms with E-state index in [1.54, 1.807) is 0 Å². The maximum absolute atomic E-state index is 5.88. The van der Waals surface area contributed by atoms with Crippen LogP contribution in [0.15, 0.2) is 40.8 Å². The Morgan fingerprint density at radius 2 is 2.00 bits per heavy atom. The van der Waals surface area contributed by atoms with E-state index < -0.39 is 0 Å². The molecule has 1 atom stereocenters. The normalized spacial score (nSPS) is 16.9. The predicted molar refractivity (Wildman–Crippen MR) is 82.0 cm³/mol. The molecule has 0 bridgehead atoms. The molecule has 0 radical (unpaired) electrons. The van der Waals surface area contributed by atoms with Crippen LogP contribution in [-0.2, 0) is 0 Å². The molecule has 3 rings (SSSR count). The molecule has 1 unspecified atom stereocenters. The topological polar surface area (TPSA) is 25.2 Å². The summed E-state index contributed by atoms with van der Waals surface area (Å²) in [5.74, 6) is 2.74. The van der Waals surface area contributed by atoms with Gasteiger partial charge in [0, 0.05) is 0 Å². The van der Waals surface area contributed by atoms with Gasteiger partial charge in [0.1, 0.15) is 11.5 Å². The smallest absolute Gasteiger partial charge is 0.125 e. The van der Waals surface area contributed by atoms with Crippen LogP contribution >= 0.6 is 0 Å². The third-order valence-corrected chi connectivity index (χ3v) is 4.31. The summed E-state index contributed by atoms with van der Waals surface area (Å²) in [4.78, 5) is 0. The molecule has 0 spiro atoms. The Kier molecular flexibility index (Phi) is 3.93. The van der Waals surface area contributed by atoms with Crippen molar-refractivity contribution in [3.63, 3.8) is 0 Å². The van der Waals surface area contributed by atoms with Gasteiger partial charge >= 0.3 is 0 Å². The van der Waals surface area contributed by atoms with Gasteiger partial charge in [-0.15, -0.1) is 0 Å². The molecule has 2 heteroatoms. The van der Waals surface area contributed by atoms with E-state index in [2.05, 4.69) is 42.6 Å². The number of aryl methyl sites for hydroxylation is 1. The molecule has 1 saturated carbocycles. The van der Waals surface area contributed by atoms with E-state index >= 15 is 0 Å². The van der Waals surface area contributed by atoms with Crippen molar-refractivity contribution in [2.45, 2.75) is 45.1 Å². The summed E-state index contributed by atoms with van der Waals surface area (Å²) >= 11 is 0. The van der Waals surface area contributed by atoms with E-state index in [0.717, 1.165) is 24.0 Å². The summed E-state index contributed by atoms with van der Waals surface area (Å²) in [6.07, 6.45) is 4.02. The molecule has 1 fully saturated rings. The van der Waals surface area contributed by atoms with E-state index in [1.165, 1.54) is 30.4 Å². The molecular weight excluding hydrogens is 246 g/mol. The van der Waals surface area contributed by atoms with E-state index in [4.69, 9.17) is 4.42 Å². The Labute approximate surface area is 121 Å². The first-order valence-corrected chi connectivity index (χ1v) is 7.68. The molecule has 20 heavy (non-hydrogen) atoms. The average Bonchev–Trinajstić information content (AvgIpc) is 2.81. The van der Waals surface area contributed by atoms with Gasteiger partial charge in [-0.2, -0.15) is 0 Å². The van der Waals surface area contributed by atoms with Crippen molar-refractivity contribution < 1.29 is 4.42 Å².